The highest BCUT2D eigenvalue weighted by atomic mass is 19.1. The van der Waals surface area contributed by atoms with Crippen molar-refractivity contribution in [2.75, 3.05) is 11.9 Å². The maximum absolute atomic E-state index is 13.2. The van der Waals surface area contributed by atoms with E-state index in [0.29, 0.717) is 0 Å². The first-order chi connectivity index (χ1) is 7.33. The number of carbonyl (C=O) groups is 1. The van der Waals surface area contributed by atoms with Gasteiger partial charge in [-0.25, -0.2) is 8.78 Å². The molecule has 0 aliphatic carbocycles. The summed E-state index contributed by atoms with van der Waals surface area (Å²) >= 11 is 0. The number of carboxylic acid groups (broad SMARTS) is 1. The lowest BCUT2D eigenvalue weighted by Gasteiger charge is -2.20. The van der Waals surface area contributed by atoms with Gasteiger partial charge in [-0.3, -0.25) is 4.79 Å². The van der Waals surface area contributed by atoms with Gasteiger partial charge < -0.3 is 10.4 Å². The van der Waals surface area contributed by atoms with E-state index in [0.717, 1.165) is 18.2 Å². The van der Waals surface area contributed by atoms with Gasteiger partial charge in [-0.15, -0.1) is 0 Å². The van der Waals surface area contributed by atoms with Gasteiger partial charge in [-0.2, -0.15) is 0 Å². The van der Waals surface area contributed by atoms with Crippen LogP contribution in [0.4, 0.5) is 14.5 Å². The maximum atomic E-state index is 13.2. The molecule has 0 saturated heterocycles. The van der Waals surface area contributed by atoms with E-state index in [1.165, 1.54) is 13.8 Å². The van der Waals surface area contributed by atoms with Crippen molar-refractivity contribution in [2.24, 2.45) is 5.41 Å². The van der Waals surface area contributed by atoms with Crippen LogP contribution in [-0.2, 0) is 4.79 Å². The van der Waals surface area contributed by atoms with Crippen LogP contribution in [0.25, 0.3) is 0 Å². The topological polar surface area (TPSA) is 49.3 Å². The van der Waals surface area contributed by atoms with Gasteiger partial charge in [-0.05, 0) is 32.0 Å². The number of aliphatic carboxylic acids is 1. The van der Waals surface area contributed by atoms with Gasteiger partial charge in [0.15, 0.2) is 0 Å². The first-order valence-electron chi connectivity index (χ1n) is 4.75. The third-order valence-electron chi connectivity index (χ3n) is 2.23. The van der Waals surface area contributed by atoms with Crippen LogP contribution >= 0.6 is 0 Å². The third kappa shape index (κ3) is 2.92. The largest absolute Gasteiger partial charge is 0.481 e. The molecule has 2 N–H and O–H groups in total. The molecule has 1 aromatic rings. The summed E-state index contributed by atoms with van der Waals surface area (Å²) in [5.41, 5.74) is -1.08. The zero-order valence-electron chi connectivity index (χ0n) is 9.05. The number of halogens is 2. The summed E-state index contributed by atoms with van der Waals surface area (Å²) in [5, 5.41) is 11.4. The highest BCUT2D eigenvalue weighted by Crippen LogP contribution is 2.20. The Kier molecular flexibility index (Phi) is 3.47. The Morgan fingerprint density at radius 1 is 1.44 bits per heavy atom. The molecule has 0 heterocycles. The summed E-state index contributed by atoms with van der Waals surface area (Å²) in [5.74, 6) is -2.18. The predicted molar refractivity (Wildman–Crippen MR) is 56.3 cm³/mol. The summed E-state index contributed by atoms with van der Waals surface area (Å²) in [6.07, 6.45) is 0. The Morgan fingerprint density at radius 2 is 2.06 bits per heavy atom. The van der Waals surface area contributed by atoms with Crippen LogP contribution < -0.4 is 5.32 Å². The molecule has 0 spiro atoms. The Bertz CT molecular complexity index is 405. The number of benzene rings is 1. The average Bonchev–Trinajstić information content (AvgIpc) is 2.19. The quantitative estimate of drug-likeness (QED) is 0.833. The molecule has 0 fully saturated rings. The number of anilines is 1. The fourth-order valence-corrected chi connectivity index (χ4v) is 1.02. The predicted octanol–water partition coefficient (Wildman–Crippen LogP) is 2.49. The minimum absolute atomic E-state index is 0.0166. The summed E-state index contributed by atoms with van der Waals surface area (Å²) in [4.78, 5) is 10.8. The summed E-state index contributed by atoms with van der Waals surface area (Å²) in [6.45, 7) is 3.02. The van der Waals surface area contributed by atoms with Crippen LogP contribution in [0.1, 0.15) is 13.8 Å². The molecule has 3 nitrogen and oxygen atoms in total. The van der Waals surface area contributed by atoms with Gasteiger partial charge in [0.2, 0.25) is 0 Å². The summed E-state index contributed by atoms with van der Waals surface area (Å²) in [6, 6.07) is 2.99. The molecule has 88 valence electrons. The number of hydrogen-bond acceptors (Lipinski definition) is 2. The first-order valence-corrected chi connectivity index (χ1v) is 4.75. The Morgan fingerprint density at radius 3 is 2.62 bits per heavy atom. The van der Waals surface area contributed by atoms with Gasteiger partial charge in [0.05, 0.1) is 11.1 Å². The fourth-order valence-electron chi connectivity index (χ4n) is 1.02. The van der Waals surface area contributed by atoms with E-state index in [9.17, 15) is 13.6 Å². The van der Waals surface area contributed by atoms with Crippen LogP contribution in [0.2, 0.25) is 0 Å². The lowest BCUT2D eigenvalue weighted by molar-refractivity contribution is -0.146. The number of rotatable bonds is 4. The van der Waals surface area contributed by atoms with Crippen molar-refractivity contribution in [1.82, 2.24) is 0 Å². The molecule has 0 saturated carbocycles. The molecule has 0 aliphatic heterocycles. The third-order valence-corrected chi connectivity index (χ3v) is 2.23. The van der Waals surface area contributed by atoms with Crippen LogP contribution in [-0.4, -0.2) is 17.6 Å². The van der Waals surface area contributed by atoms with Crippen molar-refractivity contribution in [2.45, 2.75) is 13.8 Å². The van der Waals surface area contributed by atoms with Crippen molar-refractivity contribution in [3.05, 3.63) is 29.8 Å². The molecule has 0 bridgehead atoms. The minimum Gasteiger partial charge on any atom is -0.481 e. The zero-order chi connectivity index (χ0) is 12.3. The fraction of sp³-hybridized carbons (Fsp3) is 0.364. The van der Waals surface area contributed by atoms with Crippen molar-refractivity contribution in [3.8, 4) is 0 Å². The number of hydrogen-bond donors (Lipinski definition) is 2. The lowest BCUT2D eigenvalue weighted by atomic mass is 9.94. The van der Waals surface area contributed by atoms with Gasteiger partial charge in [-0.1, -0.05) is 0 Å². The molecule has 0 radical (unpaired) electrons. The van der Waals surface area contributed by atoms with Crippen molar-refractivity contribution in [1.29, 1.82) is 0 Å². The van der Waals surface area contributed by atoms with Crippen LogP contribution in [0, 0.1) is 17.0 Å². The highest BCUT2D eigenvalue weighted by Gasteiger charge is 2.27. The molecular weight excluding hydrogens is 216 g/mol. The van der Waals surface area contributed by atoms with E-state index in [1.807, 2.05) is 0 Å². The Hall–Kier alpha value is -1.65. The molecule has 0 amide bonds. The van der Waals surface area contributed by atoms with E-state index in [4.69, 9.17) is 5.11 Å². The minimum atomic E-state index is -1.04. The van der Waals surface area contributed by atoms with Gasteiger partial charge in [0.25, 0.3) is 0 Å². The molecule has 0 aliphatic rings. The molecule has 1 rings (SSSR count). The molecule has 16 heavy (non-hydrogen) atoms. The van der Waals surface area contributed by atoms with Gasteiger partial charge >= 0.3 is 5.97 Å². The van der Waals surface area contributed by atoms with Crippen molar-refractivity contribution in [3.63, 3.8) is 0 Å². The molecule has 1 aromatic carbocycles. The summed E-state index contributed by atoms with van der Waals surface area (Å²) < 4.78 is 26.0. The smallest absolute Gasteiger partial charge is 0.310 e. The molecule has 5 heteroatoms. The van der Waals surface area contributed by atoms with Gasteiger partial charge in [0.1, 0.15) is 11.6 Å². The standard InChI is InChI=1S/C11H13F2NO2/c1-11(2,10(15)16)6-14-9-5-7(12)3-4-8(9)13/h3-5,14H,6H2,1-2H3,(H,15,16). The van der Waals surface area contributed by atoms with E-state index in [1.54, 1.807) is 0 Å². The van der Waals surface area contributed by atoms with E-state index in [2.05, 4.69) is 5.32 Å². The molecule has 0 aromatic heterocycles. The lowest BCUT2D eigenvalue weighted by Crippen LogP contribution is -2.32. The monoisotopic (exact) mass is 229 g/mol. The normalized spacial score (nSPS) is 11.2. The maximum Gasteiger partial charge on any atom is 0.310 e. The van der Waals surface area contributed by atoms with Gasteiger partial charge in [0, 0.05) is 6.54 Å². The van der Waals surface area contributed by atoms with Crippen LogP contribution in [0.5, 0.6) is 0 Å². The number of nitrogens with one attached hydrogen (secondary N) is 1. The Labute approximate surface area is 92.1 Å². The van der Waals surface area contributed by atoms with Crippen LogP contribution in [0.3, 0.4) is 0 Å². The molecular formula is C11H13F2NO2. The molecule has 0 unspecified atom stereocenters. The van der Waals surface area contributed by atoms with E-state index >= 15 is 0 Å². The van der Waals surface area contributed by atoms with E-state index < -0.39 is 23.0 Å². The Balaban J connectivity index is 2.75. The zero-order valence-corrected chi connectivity index (χ0v) is 9.05. The average molecular weight is 229 g/mol. The van der Waals surface area contributed by atoms with Crippen molar-refractivity contribution < 1.29 is 18.7 Å². The SMILES string of the molecule is CC(C)(CNc1cc(F)ccc1F)C(=O)O. The summed E-state index contributed by atoms with van der Waals surface area (Å²) in [7, 11) is 0. The van der Waals surface area contributed by atoms with Crippen LogP contribution in [0.15, 0.2) is 18.2 Å². The second kappa shape index (κ2) is 4.47. The highest BCUT2D eigenvalue weighted by molar-refractivity contribution is 5.74. The first kappa shape index (κ1) is 12.4. The molecule has 0 atom stereocenters. The van der Waals surface area contributed by atoms with Crippen molar-refractivity contribution >= 4 is 11.7 Å². The van der Waals surface area contributed by atoms with E-state index in [-0.39, 0.29) is 12.2 Å². The number of carboxylic acids is 1. The second-order valence-corrected chi connectivity index (χ2v) is 4.17. The second-order valence-electron chi connectivity index (χ2n) is 4.17.